The summed E-state index contributed by atoms with van der Waals surface area (Å²) in [6.45, 7) is -0.549. The van der Waals surface area contributed by atoms with Gasteiger partial charge in [0.1, 0.15) is 12.4 Å². The van der Waals surface area contributed by atoms with Crippen LogP contribution in [-0.2, 0) is 9.59 Å². The molecule has 25 heavy (non-hydrogen) atoms. The van der Waals surface area contributed by atoms with Crippen LogP contribution >= 0.6 is 0 Å². The van der Waals surface area contributed by atoms with Crippen molar-refractivity contribution in [2.45, 2.75) is 31.5 Å². The van der Waals surface area contributed by atoms with Crippen LogP contribution in [0.2, 0.25) is 0 Å². The van der Waals surface area contributed by atoms with Crippen LogP contribution in [0.1, 0.15) is 19.3 Å². The largest absolute Gasteiger partial charge is 0.405 e. The van der Waals surface area contributed by atoms with Gasteiger partial charge in [-0.15, -0.1) is 0 Å². The van der Waals surface area contributed by atoms with Gasteiger partial charge in [-0.05, 0) is 43.7 Å². The van der Waals surface area contributed by atoms with Crippen LogP contribution in [-0.4, -0.2) is 48.6 Å². The minimum absolute atomic E-state index is 0.0838. The summed E-state index contributed by atoms with van der Waals surface area (Å²) in [4.78, 5) is 25.5. The van der Waals surface area contributed by atoms with Gasteiger partial charge in [0.15, 0.2) is 0 Å². The van der Waals surface area contributed by atoms with Gasteiger partial charge in [0.05, 0.1) is 6.04 Å². The van der Waals surface area contributed by atoms with Crippen molar-refractivity contribution in [2.75, 3.05) is 25.0 Å². The van der Waals surface area contributed by atoms with E-state index in [0.29, 0.717) is 25.1 Å². The number of nitrogens with zero attached hydrogens (tertiary/aromatic N) is 1. The second kappa shape index (κ2) is 8.28. The molecule has 0 aliphatic carbocycles. The third-order valence-corrected chi connectivity index (χ3v) is 3.88. The Labute approximate surface area is 142 Å². The van der Waals surface area contributed by atoms with Crippen LogP contribution in [0.3, 0.4) is 0 Å². The molecule has 2 N–H and O–H groups in total. The van der Waals surface area contributed by atoms with Crippen molar-refractivity contribution in [3.05, 3.63) is 30.1 Å². The number of likely N-dealkylation sites (tertiary alicyclic amines) is 1. The molecule has 1 aromatic carbocycles. The molecule has 0 bridgehead atoms. The smallest absolute Gasteiger partial charge is 0.346 e. The molecule has 2 rings (SSSR count). The fraction of sp³-hybridized carbons (Fsp3) is 0.500. The van der Waals surface area contributed by atoms with Crippen LogP contribution < -0.4 is 10.6 Å². The molecule has 9 heteroatoms. The fourth-order valence-corrected chi connectivity index (χ4v) is 2.70. The first kappa shape index (κ1) is 19.2. The SMILES string of the molecule is O=C(CCN1CCC[C@@H]1C(=O)NCC(F)(F)F)Nc1ccc(F)cc1. The zero-order valence-corrected chi connectivity index (χ0v) is 13.4. The number of carbonyl (C=O) groups is 2. The maximum absolute atomic E-state index is 12.8. The van der Waals surface area contributed by atoms with Gasteiger partial charge >= 0.3 is 6.18 Å². The molecule has 1 aliphatic rings. The molecule has 1 saturated heterocycles. The van der Waals surface area contributed by atoms with Gasteiger partial charge in [0.2, 0.25) is 11.8 Å². The molecular formula is C16H19F4N3O2. The van der Waals surface area contributed by atoms with Gasteiger partial charge in [-0.25, -0.2) is 4.39 Å². The Morgan fingerprint density at radius 1 is 1.20 bits per heavy atom. The predicted molar refractivity (Wildman–Crippen MR) is 83.3 cm³/mol. The Balaban J connectivity index is 1.79. The van der Waals surface area contributed by atoms with Crippen molar-refractivity contribution in [1.82, 2.24) is 10.2 Å². The number of hydrogen-bond donors (Lipinski definition) is 2. The molecule has 0 spiro atoms. The highest BCUT2D eigenvalue weighted by molar-refractivity contribution is 5.90. The monoisotopic (exact) mass is 361 g/mol. The molecule has 0 unspecified atom stereocenters. The molecule has 1 aliphatic heterocycles. The second-order valence-corrected chi connectivity index (χ2v) is 5.83. The van der Waals surface area contributed by atoms with Gasteiger partial charge in [-0.2, -0.15) is 13.2 Å². The Bertz CT molecular complexity index is 604. The first-order valence-electron chi connectivity index (χ1n) is 7.88. The highest BCUT2D eigenvalue weighted by Crippen LogP contribution is 2.19. The summed E-state index contributed by atoms with van der Waals surface area (Å²) < 4.78 is 49.3. The van der Waals surface area contributed by atoms with Crippen molar-refractivity contribution in [2.24, 2.45) is 0 Å². The molecule has 0 radical (unpaired) electrons. The normalized spacial score (nSPS) is 18.2. The maximum atomic E-state index is 12.8. The predicted octanol–water partition coefficient (Wildman–Crippen LogP) is 2.30. The molecule has 0 saturated carbocycles. The topological polar surface area (TPSA) is 61.4 Å². The van der Waals surface area contributed by atoms with Crippen LogP contribution in [0, 0.1) is 5.82 Å². The summed E-state index contributed by atoms with van der Waals surface area (Å²) >= 11 is 0. The van der Waals surface area contributed by atoms with Gasteiger partial charge in [-0.3, -0.25) is 14.5 Å². The third-order valence-electron chi connectivity index (χ3n) is 3.88. The number of carbonyl (C=O) groups excluding carboxylic acids is 2. The summed E-state index contributed by atoms with van der Waals surface area (Å²) in [5, 5.41) is 4.49. The second-order valence-electron chi connectivity index (χ2n) is 5.83. The number of nitrogens with one attached hydrogen (secondary N) is 2. The number of halogens is 4. The standard InChI is InChI=1S/C16H19F4N3O2/c17-11-3-5-12(6-4-11)22-14(24)7-9-23-8-1-2-13(23)15(25)21-10-16(18,19)20/h3-6,13H,1-2,7-10H2,(H,21,25)(H,22,24)/t13-/m1/s1. The van der Waals surface area contributed by atoms with E-state index in [1.165, 1.54) is 24.3 Å². The number of amides is 2. The number of benzene rings is 1. The van der Waals surface area contributed by atoms with Crippen molar-refractivity contribution < 1.29 is 27.2 Å². The summed E-state index contributed by atoms with van der Waals surface area (Å²) in [5.41, 5.74) is 0.451. The maximum Gasteiger partial charge on any atom is 0.405 e. The zero-order chi connectivity index (χ0) is 18.4. The van der Waals surface area contributed by atoms with Gasteiger partial charge in [-0.1, -0.05) is 0 Å². The lowest BCUT2D eigenvalue weighted by Gasteiger charge is -2.23. The lowest BCUT2D eigenvalue weighted by molar-refractivity contribution is -0.141. The van der Waals surface area contributed by atoms with E-state index in [4.69, 9.17) is 0 Å². The highest BCUT2D eigenvalue weighted by atomic mass is 19.4. The quantitative estimate of drug-likeness (QED) is 0.765. The molecule has 1 fully saturated rings. The Morgan fingerprint density at radius 2 is 1.88 bits per heavy atom. The van der Waals surface area contributed by atoms with E-state index < -0.39 is 30.5 Å². The van der Waals surface area contributed by atoms with Gasteiger partial charge in [0.25, 0.3) is 0 Å². The lowest BCUT2D eigenvalue weighted by atomic mass is 10.2. The van der Waals surface area contributed by atoms with Gasteiger partial charge in [0, 0.05) is 18.7 Å². The van der Waals surface area contributed by atoms with E-state index >= 15 is 0 Å². The summed E-state index contributed by atoms with van der Waals surface area (Å²) in [5.74, 6) is -1.40. The molecule has 5 nitrogen and oxygen atoms in total. The molecular weight excluding hydrogens is 342 g/mol. The van der Waals surface area contributed by atoms with E-state index in [1.54, 1.807) is 4.90 Å². The van der Waals surface area contributed by atoms with Crippen molar-refractivity contribution in [3.63, 3.8) is 0 Å². The van der Waals surface area contributed by atoms with Crippen LogP contribution in [0.25, 0.3) is 0 Å². The Morgan fingerprint density at radius 3 is 2.52 bits per heavy atom. The molecule has 1 atom stereocenters. The Hall–Kier alpha value is -2.16. The average molecular weight is 361 g/mol. The summed E-state index contributed by atoms with van der Waals surface area (Å²) in [7, 11) is 0. The average Bonchev–Trinajstić information content (AvgIpc) is 3.01. The molecule has 1 aromatic rings. The minimum Gasteiger partial charge on any atom is -0.346 e. The number of hydrogen-bond acceptors (Lipinski definition) is 3. The number of rotatable bonds is 6. The lowest BCUT2D eigenvalue weighted by Crippen LogP contribution is -2.46. The van der Waals surface area contributed by atoms with Crippen LogP contribution in [0.15, 0.2) is 24.3 Å². The van der Waals surface area contributed by atoms with E-state index in [9.17, 15) is 27.2 Å². The van der Waals surface area contributed by atoms with Crippen molar-refractivity contribution in [1.29, 1.82) is 0 Å². The van der Waals surface area contributed by atoms with Crippen LogP contribution in [0.4, 0.5) is 23.2 Å². The first-order valence-corrected chi connectivity index (χ1v) is 7.88. The Kier molecular flexibility index (Phi) is 6.35. The molecule has 0 aromatic heterocycles. The molecule has 138 valence electrons. The van der Waals surface area contributed by atoms with Crippen molar-refractivity contribution >= 4 is 17.5 Å². The van der Waals surface area contributed by atoms with E-state index in [2.05, 4.69) is 5.32 Å². The fourth-order valence-electron chi connectivity index (χ4n) is 2.70. The minimum atomic E-state index is -4.45. The molecule has 1 heterocycles. The van der Waals surface area contributed by atoms with E-state index in [1.807, 2.05) is 5.32 Å². The highest BCUT2D eigenvalue weighted by Gasteiger charge is 2.34. The summed E-state index contributed by atoms with van der Waals surface area (Å²) in [6.07, 6.45) is -3.22. The number of anilines is 1. The summed E-state index contributed by atoms with van der Waals surface area (Å²) in [6, 6.07) is 4.64. The third kappa shape index (κ3) is 6.33. The first-order chi connectivity index (χ1) is 11.7. The zero-order valence-electron chi connectivity index (χ0n) is 13.4. The van der Waals surface area contributed by atoms with Crippen molar-refractivity contribution in [3.8, 4) is 0 Å². The van der Waals surface area contributed by atoms with Crippen LogP contribution in [0.5, 0.6) is 0 Å². The van der Waals surface area contributed by atoms with E-state index in [0.717, 1.165) is 0 Å². The van der Waals surface area contributed by atoms with Gasteiger partial charge < -0.3 is 10.6 Å². The molecule has 2 amide bonds. The number of alkyl halides is 3. The van der Waals surface area contributed by atoms with E-state index in [-0.39, 0.29) is 18.9 Å².